The van der Waals surface area contributed by atoms with Gasteiger partial charge >= 0.3 is 0 Å². The van der Waals surface area contributed by atoms with Crippen LogP contribution in [-0.4, -0.2) is 20.5 Å². The molecule has 0 aromatic heterocycles. The zero-order valence-corrected chi connectivity index (χ0v) is 8.84. The van der Waals surface area contributed by atoms with Gasteiger partial charge in [-0.3, -0.25) is 9.52 Å². The summed E-state index contributed by atoms with van der Waals surface area (Å²) in [6, 6.07) is 3.31. The number of anilines is 1. The van der Waals surface area contributed by atoms with Crippen molar-refractivity contribution in [2.75, 3.05) is 10.5 Å². The molecular formula is C9H10FNO3S. The molecule has 0 saturated heterocycles. The average molecular weight is 231 g/mol. The van der Waals surface area contributed by atoms with E-state index in [1.165, 1.54) is 13.0 Å². The lowest BCUT2D eigenvalue weighted by molar-refractivity contribution is 0.112. The van der Waals surface area contributed by atoms with E-state index in [-0.39, 0.29) is 17.0 Å². The van der Waals surface area contributed by atoms with E-state index in [1.54, 1.807) is 0 Å². The third-order valence-corrected chi connectivity index (χ3v) is 3.02. The van der Waals surface area contributed by atoms with Crippen LogP contribution in [0, 0.1) is 5.82 Å². The predicted molar refractivity (Wildman–Crippen MR) is 54.9 cm³/mol. The number of carbonyl (C=O) groups is 1. The van der Waals surface area contributed by atoms with Crippen molar-refractivity contribution >= 4 is 22.0 Å². The SMILES string of the molecule is CCS(=O)(=O)Nc1cc(F)cc(C=O)c1. The highest BCUT2D eigenvalue weighted by Gasteiger charge is 2.08. The summed E-state index contributed by atoms with van der Waals surface area (Å²) in [6.45, 7) is 1.46. The van der Waals surface area contributed by atoms with Crippen molar-refractivity contribution in [2.24, 2.45) is 0 Å². The molecule has 1 aromatic carbocycles. The van der Waals surface area contributed by atoms with Gasteiger partial charge in [-0.1, -0.05) is 0 Å². The monoisotopic (exact) mass is 231 g/mol. The summed E-state index contributed by atoms with van der Waals surface area (Å²) in [5.41, 5.74) is 0.141. The lowest BCUT2D eigenvalue weighted by Gasteiger charge is -2.06. The Hall–Kier alpha value is -1.43. The van der Waals surface area contributed by atoms with Crippen molar-refractivity contribution in [3.05, 3.63) is 29.6 Å². The molecule has 0 heterocycles. The number of carbonyl (C=O) groups excluding carboxylic acids is 1. The van der Waals surface area contributed by atoms with Crippen LogP contribution in [0.1, 0.15) is 17.3 Å². The fourth-order valence-corrected chi connectivity index (χ4v) is 1.61. The van der Waals surface area contributed by atoms with Crippen LogP contribution < -0.4 is 4.72 Å². The fraction of sp³-hybridized carbons (Fsp3) is 0.222. The Kier molecular flexibility index (Phi) is 3.41. The van der Waals surface area contributed by atoms with Gasteiger partial charge in [-0.25, -0.2) is 12.8 Å². The minimum absolute atomic E-state index is 0.0546. The Bertz CT molecular complexity index is 470. The summed E-state index contributed by atoms with van der Waals surface area (Å²) >= 11 is 0. The van der Waals surface area contributed by atoms with E-state index in [9.17, 15) is 17.6 Å². The summed E-state index contributed by atoms with van der Waals surface area (Å²) in [7, 11) is -3.45. The third-order valence-electron chi connectivity index (χ3n) is 1.71. The molecule has 6 heteroatoms. The highest BCUT2D eigenvalue weighted by atomic mass is 32.2. The smallest absolute Gasteiger partial charge is 0.232 e. The number of hydrogen-bond acceptors (Lipinski definition) is 3. The van der Waals surface area contributed by atoms with E-state index in [1.807, 2.05) is 0 Å². The topological polar surface area (TPSA) is 63.2 Å². The van der Waals surface area contributed by atoms with Crippen LogP contribution >= 0.6 is 0 Å². The molecule has 0 aliphatic carbocycles. The Morgan fingerprint density at radius 1 is 1.40 bits per heavy atom. The van der Waals surface area contributed by atoms with Crippen LogP contribution in [-0.2, 0) is 10.0 Å². The first-order valence-electron chi connectivity index (χ1n) is 4.23. The molecule has 15 heavy (non-hydrogen) atoms. The van der Waals surface area contributed by atoms with Gasteiger partial charge in [-0.2, -0.15) is 0 Å². The van der Waals surface area contributed by atoms with E-state index in [0.717, 1.165) is 12.1 Å². The summed E-state index contributed by atoms with van der Waals surface area (Å²) < 4.78 is 37.4. The van der Waals surface area contributed by atoms with E-state index in [0.29, 0.717) is 6.29 Å². The maximum Gasteiger partial charge on any atom is 0.232 e. The minimum atomic E-state index is -3.45. The van der Waals surface area contributed by atoms with Crippen molar-refractivity contribution in [2.45, 2.75) is 6.92 Å². The first-order valence-corrected chi connectivity index (χ1v) is 5.88. The van der Waals surface area contributed by atoms with Crippen LogP contribution in [0.25, 0.3) is 0 Å². The molecule has 1 rings (SSSR count). The molecule has 0 unspecified atom stereocenters. The van der Waals surface area contributed by atoms with Crippen LogP contribution in [0.15, 0.2) is 18.2 Å². The summed E-state index contributed by atoms with van der Waals surface area (Å²) in [6.07, 6.45) is 0.451. The molecule has 0 bridgehead atoms. The number of nitrogens with one attached hydrogen (secondary N) is 1. The van der Waals surface area contributed by atoms with Gasteiger partial charge in [0.2, 0.25) is 10.0 Å². The number of halogens is 1. The predicted octanol–water partition coefficient (Wildman–Crippen LogP) is 1.40. The molecule has 0 spiro atoms. The van der Waals surface area contributed by atoms with Crippen molar-refractivity contribution in [1.82, 2.24) is 0 Å². The fourth-order valence-electron chi connectivity index (χ4n) is 0.991. The Morgan fingerprint density at radius 3 is 2.60 bits per heavy atom. The molecule has 82 valence electrons. The van der Waals surface area contributed by atoms with Gasteiger partial charge in [0.25, 0.3) is 0 Å². The lowest BCUT2D eigenvalue weighted by Crippen LogP contribution is -2.14. The summed E-state index contributed by atoms with van der Waals surface area (Å²) in [5.74, 6) is -0.770. The first kappa shape index (κ1) is 11.6. The third kappa shape index (κ3) is 3.32. The van der Waals surface area contributed by atoms with E-state index >= 15 is 0 Å². The number of aldehydes is 1. The van der Waals surface area contributed by atoms with E-state index in [2.05, 4.69) is 4.72 Å². The molecule has 0 radical (unpaired) electrons. The maximum atomic E-state index is 12.9. The minimum Gasteiger partial charge on any atom is -0.298 e. The molecule has 0 saturated carbocycles. The van der Waals surface area contributed by atoms with Gasteiger partial charge in [0.05, 0.1) is 11.4 Å². The van der Waals surface area contributed by atoms with Crippen LogP contribution in [0.3, 0.4) is 0 Å². The average Bonchev–Trinajstić information content (AvgIpc) is 2.16. The zero-order chi connectivity index (χ0) is 11.5. The Balaban J connectivity index is 3.05. The second-order valence-electron chi connectivity index (χ2n) is 2.90. The largest absolute Gasteiger partial charge is 0.298 e. The van der Waals surface area contributed by atoms with E-state index in [4.69, 9.17) is 0 Å². The normalized spacial score (nSPS) is 11.1. The number of hydrogen-bond donors (Lipinski definition) is 1. The van der Waals surface area contributed by atoms with Crippen LogP contribution in [0.4, 0.5) is 10.1 Å². The van der Waals surface area contributed by atoms with Crippen LogP contribution in [0.2, 0.25) is 0 Å². The van der Waals surface area contributed by atoms with Crippen molar-refractivity contribution < 1.29 is 17.6 Å². The Morgan fingerprint density at radius 2 is 2.07 bits per heavy atom. The Labute approximate surface area is 87.2 Å². The van der Waals surface area contributed by atoms with Crippen molar-refractivity contribution in [3.8, 4) is 0 Å². The molecule has 0 fully saturated rings. The van der Waals surface area contributed by atoms with Crippen LogP contribution in [0.5, 0.6) is 0 Å². The second-order valence-corrected chi connectivity index (χ2v) is 4.91. The van der Waals surface area contributed by atoms with Crippen molar-refractivity contribution in [1.29, 1.82) is 0 Å². The van der Waals surface area contributed by atoms with E-state index < -0.39 is 15.8 Å². The second kappa shape index (κ2) is 4.39. The number of sulfonamides is 1. The lowest BCUT2D eigenvalue weighted by atomic mass is 10.2. The molecule has 0 aliphatic heterocycles. The quantitative estimate of drug-likeness (QED) is 0.797. The molecule has 1 aromatic rings. The number of benzene rings is 1. The van der Waals surface area contributed by atoms with Gasteiger partial charge in [0.15, 0.2) is 0 Å². The first-order chi connectivity index (χ1) is 6.96. The van der Waals surface area contributed by atoms with Gasteiger partial charge < -0.3 is 0 Å². The summed E-state index contributed by atoms with van der Waals surface area (Å²) in [5, 5.41) is 0. The highest BCUT2D eigenvalue weighted by Crippen LogP contribution is 2.14. The van der Waals surface area contributed by atoms with Gasteiger partial charge in [0, 0.05) is 5.56 Å². The molecule has 1 N–H and O–H groups in total. The maximum absolute atomic E-state index is 12.9. The highest BCUT2D eigenvalue weighted by molar-refractivity contribution is 7.92. The standard InChI is InChI=1S/C9H10FNO3S/c1-2-15(13,14)11-9-4-7(6-12)3-8(10)5-9/h3-6,11H,2H2,1H3. The molecule has 0 atom stereocenters. The molecule has 4 nitrogen and oxygen atoms in total. The molecule has 0 aliphatic rings. The zero-order valence-electron chi connectivity index (χ0n) is 8.03. The van der Waals surface area contributed by atoms with Crippen molar-refractivity contribution in [3.63, 3.8) is 0 Å². The van der Waals surface area contributed by atoms with Gasteiger partial charge in [0.1, 0.15) is 12.1 Å². The van der Waals surface area contributed by atoms with Gasteiger partial charge in [-0.15, -0.1) is 0 Å². The number of rotatable bonds is 4. The molecular weight excluding hydrogens is 221 g/mol. The molecule has 0 amide bonds. The summed E-state index contributed by atoms with van der Waals surface area (Å²) in [4.78, 5) is 10.4. The van der Waals surface area contributed by atoms with Gasteiger partial charge in [-0.05, 0) is 25.1 Å².